The molecule has 0 bridgehead atoms. The lowest BCUT2D eigenvalue weighted by Gasteiger charge is -2.17. The Morgan fingerprint density at radius 3 is 2.81 bits per heavy atom. The smallest absolute Gasteiger partial charge is 0.137 e. The maximum Gasteiger partial charge on any atom is 0.137 e. The zero-order valence-electron chi connectivity index (χ0n) is 12.2. The van der Waals surface area contributed by atoms with Crippen LogP contribution in [0.4, 0.5) is 4.39 Å². The van der Waals surface area contributed by atoms with Crippen molar-refractivity contribution in [3.8, 4) is 5.75 Å². The van der Waals surface area contributed by atoms with Gasteiger partial charge < -0.3 is 10.1 Å². The van der Waals surface area contributed by atoms with E-state index in [1.807, 2.05) is 17.5 Å². The van der Waals surface area contributed by atoms with Crippen LogP contribution in [0.3, 0.4) is 0 Å². The van der Waals surface area contributed by atoms with Crippen LogP contribution >= 0.6 is 27.3 Å². The highest BCUT2D eigenvalue weighted by Crippen LogP contribution is 2.30. The van der Waals surface area contributed by atoms with Crippen LogP contribution < -0.4 is 10.1 Å². The maximum atomic E-state index is 13.3. The molecule has 1 N–H and O–H groups in total. The van der Waals surface area contributed by atoms with Crippen LogP contribution in [0.1, 0.15) is 29.8 Å². The van der Waals surface area contributed by atoms with Gasteiger partial charge in [0.15, 0.2) is 0 Å². The molecule has 0 saturated heterocycles. The van der Waals surface area contributed by atoms with Crippen LogP contribution in [-0.4, -0.2) is 13.7 Å². The van der Waals surface area contributed by atoms with Gasteiger partial charge in [0.1, 0.15) is 11.6 Å². The number of methoxy groups -OCH3 is 1. The largest absolute Gasteiger partial charge is 0.496 e. The summed E-state index contributed by atoms with van der Waals surface area (Å²) in [4.78, 5) is 1.24. The molecule has 0 aliphatic rings. The molecule has 2 rings (SSSR count). The molecule has 1 atom stereocenters. The lowest BCUT2D eigenvalue weighted by molar-refractivity contribution is 0.415. The van der Waals surface area contributed by atoms with Crippen LogP contribution in [-0.2, 0) is 6.42 Å². The minimum atomic E-state index is -0.227. The molecule has 2 aromatic rings. The van der Waals surface area contributed by atoms with E-state index in [1.54, 1.807) is 18.4 Å². The number of thiophene rings is 1. The van der Waals surface area contributed by atoms with Gasteiger partial charge in [-0.3, -0.25) is 0 Å². The summed E-state index contributed by atoms with van der Waals surface area (Å²) in [5, 5.41) is 5.56. The maximum absolute atomic E-state index is 13.3. The third-order valence-electron chi connectivity index (χ3n) is 3.24. The van der Waals surface area contributed by atoms with Crippen LogP contribution in [0.25, 0.3) is 0 Å². The number of halogens is 2. The molecule has 0 spiro atoms. The van der Waals surface area contributed by atoms with Crippen molar-refractivity contribution in [3.63, 3.8) is 0 Å². The van der Waals surface area contributed by atoms with Gasteiger partial charge in [-0.05, 0) is 59.1 Å². The molecule has 0 radical (unpaired) electrons. The van der Waals surface area contributed by atoms with Crippen molar-refractivity contribution < 1.29 is 9.13 Å². The van der Waals surface area contributed by atoms with Crippen molar-refractivity contribution in [2.45, 2.75) is 25.8 Å². The Hall–Kier alpha value is -0.910. The van der Waals surface area contributed by atoms with E-state index >= 15 is 0 Å². The summed E-state index contributed by atoms with van der Waals surface area (Å²) in [6.07, 6.45) is 1.90. The minimum Gasteiger partial charge on any atom is -0.496 e. The van der Waals surface area contributed by atoms with Crippen LogP contribution in [0.5, 0.6) is 5.75 Å². The van der Waals surface area contributed by atoms with Gasteiger partial charge in [-0.25, -0.2) is 4.39 Å². The summed E-state index contributed by atoms with van der Waals surface area (Å²) >= 11 is 4.93. The number of hydrogen-bond donors (Lipinski definition) is 1. The van der Waals surface area contributed by atoms with E-state index in [0.29, 0.717) is 4.47 Å². The van der Waals surface area contributed by atoms with Crippen LogP contribution in [0, 0.1) is 5.82 Å². The van der Waals surface area contributed by atoms with Crippen molar-refractivity contribution in [1.82, 2.24) is 5.32 Å². The molecule has 114 valence electrons. The number of rotatable bonds is 7. The summed E-state index contributed by atoms with van der Waals surface area (Å²) in [6, 6.07) is 7.48. The zero-order chi connectivity index (χ0) is 15.2. The summed E-state index contributed by atoms with van der Waals surface area (Å²) < 4.78 is 19.1. The molecule has 0 amide bonds. The highest BCUT2D eigenvalue weighted by atomic mass is 79.9. The topological polar surface area (TPSA) is 21.3 Å². The summed E-state index contributed by atoms with van der Waals surface area (Å²) in [5.74, 6) is 0.660. The first-order valence-corrected chi connectivity index (χ1v) is 8.61. The predicted octanol–water partition coefficient (Wildman–Crippen LogP) is 4.94. The van der Waals surface area contributed by atoms with Crippen molar-refractivity contribution in [2.75, 3.05) is 13.7 Å². The van der Waals surface area contributed by atoms with Crippen molar-refractivity contribution in [1.29, 1.82) is 0 Å². The molecule has 0 fully saturated rings. The highest BCUT2D eigenvalue weighted by Gasteiger charge is 2.15. The fourth-order valence-corrected chi connectivity index (χ4v) is 3.48. The number of hydrogen-bond acceptors (Lipinski definition) is 3. The fraction of sp³-hybridized carbons (Fsp3) is 0.375. The van der Waals surface area contributed by atoms with Gasteiger partial charge in [0.2, 0.25) is 0 Å². The highest BCUT2D eigenvalue weighted by molar-refractivity contribution is 9.10. The van der Waals surface area contributed by atoms with E-state index < -0.39 is 0 Å². The molecule has 2 nitrogen and oxygen atoms in total. The first-order valence-electron chi connectivity index (χ1n) is 6.93. The summed E-state index contributed by atoms with van der Waals surface area (Å²) in [7, 11) is 1.68. The fourth-order valence-electron chi connectivity index (χ4n) is 2.12. The Morgan fingerprint density at radius 2 is 2.19 bits per heavy atom. The molecule has 0 aliphatic heterocycles. The number of benzene rings is 1. The van der Waals surface area contributed by atoms with E-state index in [4.69, 9.17) is 4.74 Å². The molecule has 21 heavy (non-hydrogen) atoms. The standard InChI is InChI=1S/C16H19BrFNOS/c1-3-6-19-15(16-9-12(20-2)10-21-16)8-11-4-5-14(18)13(17)7-11/h4-5,7,9-10,15,19H,3,6,8H2,1-2H3. The molecular formula is C16H19BrFNOS. The second-order valence-electron chi connectivity index (χ2n) is 4.85. The van der Waals surface area contributed by atoms with Gasteiger partial charge in [0.05, 0.1) is 11.6 Å². The van der Waals surface area contributed by atoms with E-state index in [-0.39, 0.29) is 11.9 Å². The average molecular weight is 372 g/mol. The van der Waals surface area contributed by atoms with Crippen molar-refractivity contribution in [2.24, 2.45) is 0 Å². The van der Waals surface area contributed by atoms with E-state index in [0.717, 1.165) is 30.7 Å². The summed E-state index contributed by atoms with van der Waals surface area (Å²) in [5.41, 5.74) is 1.10. The molecule has 1 unspecified atom stereocenters. The van der Waals surface area contributed by atoms with Gasteiger partial charge in [-0.1, -0.05) is 13.0 Å². The Morgan fingerprint density at radius 1 is 1.38 bits per heavy atom. The van der Waals surface area contributed by atoms with E-state index in [1.165, 1.54) is 10.9 Å². The second-order valence-corrected chi connectivity index (χ2v) is 6.65. The van der Waals surface area contributed by atoms with E-state index in [2.05, 4.69) is 34.2 Å². The molecule has 0 saturated carbocycles. The minimum absolute atomic E-state index is 0.219. The third-order valence-corrected chi connectivity index (χ3v) is 4.87. The summed E-state index contributed by atoms with van der Waals surface area (Å²) in [6.45, 7) is 3.10. The van der Waals surface area contributed by atoms with Crippen molar-refractivity contribution >= 4 is 27.3 Å². The predicted molar refractivity (Wildman–Crippen MR) is 89.7 cm³/mol. The monoisotopic (exact) mass is 371 g/mol. The number of ether oxygens (including phenoxy) is 1. The van der Waals surface area contributed by atoms with Gasteiger partial charge in [-0.2, -0.15) is 0 Å². The number of nitrogens with one attached hydrogen (secondary N) is 1. The zero-order valence-corrected chi connectivity index (χ0v) is 14.6. The lowest BCUT2D eigenvalue weighted by Crippen LogP contribution is -2.23. The Kier molecular flexibility index (Phi) is 6.21. The molecule has 0 aliphatic carbocycles. The van der Waals surface area contributed by atoms with Crippen LogP contribution in [0.15, 0.2) is 34.1 Å². The Bertz CT molecular complexity index is 587. The Balaban J connectivity index is 2.17. The molecule has 1 aromatic carbocycles. The Labute approximate surface area is 137 Å². The normalized spacial score (nSPS) is 12.4. The quantitative estimate of drug-likeness (QED) is 0.743. The van der Waals surface area contributed by atoms with Crippen LogP contribution in [0.2, 0.25) is 0 Å². The van der Waals surface area contributed by atoms with E-state index in [9.17, 15) is 4.39 Å². The average Bonchev–Trinajstić information content (AvgIpc) is 2.96. The first-order chi connectivity index (χ1) is 10.1. The van der Waals surface area contributed by atoms with Gasteiger partial charge in [0.25, 0.3) is 0 Å². The molecule has 1 heterocycles. The van der Waals surface area contributed by atoms with Crippen molar-refractivity contribution in [3.05, 3.63) is 50.4 Å². The SMILES string of the molecule is CCCNC(Cc1ccc(F)c(Br)c1)c1cc(OC)cs1. The molecular weight excluding hydrogens is 353 g/mol. The molecule has 5 heteroatoms. The second kappa shape index (κ2) is 7.92. The van der Waals surface area contributed by atoms with Gasteiger partial charge in [0, 0.05) is 16.3 Å². The molecule has 1 aromatic heterocycles. The van der Waals surface area contributed by atoms with Gasteiger partial charge >= 0.3 is 0 Å². The third kappa shape index (κ3) is 4.53. The first kappa shape index (κ1) is 16.5. The van der Waals surface area contributed by atoms with Gasteiger partial charge in [-0.15, -0.1) is 11.3 Å². The lowest BCUT2D eigenvalue weighted by atomic mass is 10.0.